The Bertz CT molecular complexity index is 366. The van der Waals surface area contributed by atoms with Crippen LogP contribution in [0.5, 0.6) is 0 Å². The molecule has 0 spiro atoms. The molecule has 1 rings (SSSR count). The van der Waals surface area contributed by atoms with Crippen LogP contribution in [0, 0.1) is 5.92 Å². The SMILES string of the molecule is CCCNC(CC(C)CC)c1cccc(Cl)c1Cl. The minimum Gasteiger partial charge on any atom is -0.310 e. The van der Waals surface area contributed by atoms with E-state index in [9.17, 15) is 0 Å². The highest BCUT2D eigenvalue weighted by atomic mass is 35.5. The van der Waals surface area contributed by atoms with Gasteiger partial charge in [-0.1, -0.05) is 62.5 Å². The summed E-state index contributed by atoms with van der Waals surface area (Å²) < 4.78 is 0. The van der Waals surface area contributed by atoms with E-state index in [1.807, 2.05) is 12.1 Å². The maximum Gasteiger partial charge on any atom is 0.0640 e. The second-order valence-corrected chi connectivity index (χ2v) is 5.68. The second kappa shape index (κ2) is 8.04. The molecule has 0 bridgehead atoms. The molecule has 0 radical (unpaired) electrons. The van der Waals surface area contributed by atoms with Crippen molar-refractivity contribution < 1.29 is 0 Å². The predicted octanol–water partition coefficient (Wildman–Crippen LogP) is 5.47. The summed E-state index contributed by atoms with van der Waals surface area (Å²) in [6, 6.07) is 6.18. The van der Waals surface area contributed by atoms with Gasteiger partial charge in [0.1, 0.15) is 0 Å². The summed E-state index contributed by atoms with van der Waals surface area (Å²) in [4.78, 5) is 0. The lowest BCUT2D eigenvalue weighted by Gasteiger charge is -2.23. The molecule has 1 aromatic carbocycles. The molecule has 0 amide bonds. The normalized spacial score (nSPS) is 14.5. The molecule has 0 saturated carbocycles. The first-order valence-corrected chi connectivity index (χ1v) is 7.53. The summed E-state index contributed by atoms with van der Waals surface area (Å²) in [5, 5.41) is 4.91. The fraction of sp³-hybridized carbons (Fsp3) is 0.600. The van der Waals surface area contributed by atoms with Crippen molar-refractivity contribution >= 4 is 23.2 Å². The van der Waals surface area contributed by atoms with Crippen molar-refractivity contribution in [1.82, 2.24) is 5.32 Å². The zero-order chi connectivity index (χ0) is 13.5. The minimum absolute atomic E-state index is 0.297. The van der Waals surface area contributed by atoms with Gasteiger partial charge in [0.05, 0.1) is 10.0 Å². The Balaban J connectivity index is 2.90. The molecule has 1 N–H and O–H groups in total. The van der Waals surface area contributed by atoms with E-state index < -0.39 is 0 Å². The van der Waals surface area contributed by atoms with Crippen molar-refractivity contribution in [2.24, 2.45) is 5.92 Å². The lowest BCUT2D eigenvalue weighted by molar-refractivity contribution is 0.402. The largest absolute Gasteiger partial charge is 0.310 e. The molecule has 102 valence electrons. The summed E-state index contributed by atoms with van der Waals surface area (Å²) in [5.74, 6) is 0.675. The molecule has 0 aliphatic heterocycles. The van der Waals surface area contributed by atoms with Crippen molar-refractivity contribution in [1.29, 1.82) is 0 Å². The molecule has 18 heavy (non-hydrogen) atoms. The van der Waals surface area contributed by atoms with Crippen LogP contribution in [-0.2, 0) is 0 Å². The molecule has 0 aromatic heterocycles. The van der Waals surface area contributed by atoms with Gasteiger partial charge in [-0.2, -0.15) is 0 Å². The lowest BCUT2D eigenvalue weighted by Crippen LogP contribution is -2.24. The highest BCUT2D eigenvalue weighted by molar-refractivity contribution is 6.42. The minimum atomic E-state index is 0.297. The lowest BCUT2D eigenvalue weighted by atomic mass is 9.94. The third-order valence-electron chi connectivity index (χ3n) is 3.33. The Labute approximate surface area is 121 Å². The molecule has 2 atom stereocenters. The van der Waals surface area contributed by atoms with Crippen LogP contribution in [0.3, 0.4) is 0 Å². The van der Waals surface area contributed by atoms with E-state index in [4.69, 9.17) is 23.2 Å². The van der Waals surface area contributed by atoms with Gasteiger partial charge in [0.25, 0.3) is 0 Å². The fourth-order valence-corrected chi connectivity index (χ4v) is 2.44. The first-order chi connectivity index (χ1) is 8.60. The zero-order valence-electron chi connectivity index (χ0n) is 11.5. The fourth-order valence-electron chi connectivity index (χ4n) is 2.00. The summed E-state index contributed by atoms with van der Waals surface area (Å²) >= 11 is 12.4. The first kappa shape index (κ1) is 15.8. The molecule has 0 aliphatic rings. The van der Waals surface area contributed by atoms with Gasteiger partial charge in [-0.15, -0.1) is 0 Å². The van der Waals surface area contributed by atoms with Crippen LogP contribution in [-0.4, -0.2) is 6.54 Å². The van der Waals surface area contributed by atoms with Crippen molar-refractivity contribution in [3.05, 3.63) is 33.8 Å². The Hall–Kier alpha value is -0.240. The van der Waals surface area contributed by atoms with Crippen LogP contribution < -0.4 is 5.32 Å². The summed E-state index contributed by atoms with van der Waals surface area (Å²) in [7, 11) is 0. The maximum absolute atomic E-state index is 6.32. The van der Waals surface area contributed by atoms with Gasteiger partial charge < -0.3 is 5.32 Å². The first-order valence-electron chi connectivity index (χ1n) is 6.77. The van der Waals surface area contributed by atoms with Gasteiger partial charge in [-0.25, -0.2) is 0 Å². The van der Waals surface area contributed by atoms with Crippen LogP contribution in [0.25, 0.3) is 0 Å². The van der Waals surface area contributed by atoms with Gasteiger partial charge in [-0.05, 0) is 36.9 Å². The maximum atomic E-state index is 6.32. The third-order valence-corrected chi connectivity index (χ3v) is 4.17. The van der Waals surface area contributed by atoms with Crippen LogP contribution in [0.4, 0.5) is 0 Å². The standard InChI is InChI=1S/C15H23Cl2N/c1-4-9-18-14(10-11(3)5-2)12-7-6-8-13(16)15(12)17/h6-8,11,14,18H,4-5,9-10H2,1-3H3. The molecule has 1 aromatic rings. The van der Waals surface area contributed by atoms with E-state index in [0.29, 0.717) is 22.0 Å². The number of hydrogen-bond acceptors (Lipinski definition) is 1. The van der Waals surface area contributed by atoms with Crippen LogP contribution in [0.1, 0.15) is 51.6 Å². The highest BCUT2D eigenvalue weighted by Gasteiger charge is 2.17. The van der Waals surface area contributed by atoms with Crippen LogP contribution in [0.2, 0.25) is 10.0 Å². The van der Waals surface area contributed by atoms with Crippen molar-refractivity contribution in [2.75, 3.05) is 6.54 Å². The number of rotatable bonds is 7. The zero-order valence-corrected chi connectivity index (χ0v) is 13.0. The molecular formula is C15H23Cl2N. The summed E-state index contributed by atoms with van der Waals surface area (Å²) in [6.45, 7) is 7.68. The van der Waals surface area contributed by atoms with Crippen LogP contribution >= 0.6 is 23.2 Å². The van der Waals surface area contributed by atoms with Crippen LogP contribution in [0.15, 0.2) is 18.2 Å². The Morgan fingerprint density at radius 3 is 2.56 bits per heavy atom. The molecule has 0 heterocycles. The number of halogens is 2. The van der Waals surface area contributed by atoms with Gasteiger partial charge in [0.15, 0.2) is 0 Å². The quantitative estimate of drug-likeness (QED) is 0.701. The van der Waals surface area contributed by atoms with Crippen molar-refractivity contribution in [2.45, 2.75) is 46.1 Å². The smallest absolute Gasteiger partial charge is 0.0640 e. The molecule has 0 aliphatic carbocycles. The Morgan fingerprint density at radius 2 is 1.94 bits per heavy atom. The van der Waals surface area contributed by atoms with Gasteiger partial charge >= 0.3 is 0 Å². The molecule has 0 saturated heterocycles. The Morgan fingerprint density at radius 1 is 1.22 bits per heavy atom. The second-order valence-electron chi connectivity index (χ2n) is 4.90. The molecule has 2 unspecified atom stereocenters. The van der Waals surface area contributed by atoms with E-state index >= 15 is 0 Å². The average Bonchev–Trinajstić information content (AvgIpc) is 2.37. The van der Waals surface area contributed by atoms with E-state index in [1.165, 1.54) is 6.42 Å². The van der Waals surface area contributed by atoms with E-state index in [2.05, 4.69) is 32.2 Å². The number of benzene rings is 1. The van der Waals surface area contributed by atoms with Crippen molar-refractivity contribution in [3.63, 3.8) is 0 Å². The van der Waals surface area contributed by atoms with Gasteiger partial charge in [-0.3, -0.25) is 0 Å². The predicted molar refractivity (Wildman–Crippen MR) is 81.6 cm³/mol. The average molecular weight is 288 g/mol. The summed E-state index contributed by atoms with van der Waals surface area (Å²) in [6.07, 6.45) is 3.40. The monoisotopic (exact) mass is 287 g/mol. The third kappa shape index (κ3) is 4.46. The molecular weight excluding hydrogens is 265 g/mol. The topological polar surface area (TPSA) is 12.0 Å². The molecule has 0 fully saturated rings. The van der Waals surface area contributed by atoms with Gasteiger partial charge in [0.2, 0.25) is 0 Å². The summed E-state index contributed by atoms with van der Waals surface area (Å²) in [5.41, 5.74) is 1.12. The Kier molecular flexibility index (Phi) is 7.06. The molecule has 3 heteroatoms. The van der Waals surface area contributed by atoms with Crippen molar-refractivity contribution in [3.8, 4) is 0 Å². The molecule has 1 nitrogen and oxygen atoms in total. The number of hydrogen-bond donors (Lipinski definition) is 1. The van der Waals surface area contributed by atoms with Gasteiger partial charge in [0, 0.05) is 6.04 Å². The van der Waals surface area contributed by atoms with E-state index in [-0.39, 0.29) is 0 Å². The van der Waals surface area contributed by atoms with E-state index in [1.54, 1.807) is 0 Å². The van der Waals surface area contributed by atoms with E-state index in [0.717, 1.165) is 24.9 Å². The highest BCUT2D eigenvalue weighted by Crippen LogP contribution is 2.33. The number of nitrogens with one attached hydrogen (secondary N) is 1.